The van der Waals surface area contributed by atoms with Crippen LogP contribution in [0.25, 0.3) is 5.69 Å². The standard InChI is InChI=1S/C21H17N3O2/c1-13-17-18(14-8-4-2-5-9-14)19-16(12-26-21(19)25)22-20(17)24(23-13)15-10-6-3-7-11-15/h2-11,18,22H,12H2,1H3. The normalized spacial score (nSPS) is 18.2. The highest BCUT2D eigenvalue weighted by Crippen LogP contribution is 2.46. The highest BCUT2D eigenvalue weighted by molar-refractivity contribution is 5.97. The summed E-state index contributed by atoms with van der Waals surface area (Å²) in [5.74, 6) is 0.480. The molecule has 1 unspecified atom stereocenters. The van der Waals surface area contributed by atoms with E-state index in [2.05, 4.69) is 17.4 Å². The average Bonchev–Trinajstić information content (AvgIpc) is 3.22. The molecule has 1 atom stereocenters. The second-order valence-corrected chi connectivity index (χ2v) is 6.53. The second-order valence-electron chi connectivity index (χ2n) is 6.53. The van der Waals surface area contributed by atoms with Gasteiger partial charge in [-0.25, -0.2) is 9.48 Å². The maximum atomic E-state index is 12.4. The van der Waals surface area contributed by atoms with Crippen molar-refractivity contribution in [1.29, 1.82) is 0 Å². The van der Waals surface area contributed by atoms with Crippen molar-refractivity contribution in [3.05, 3.63) is 88.8 Å². The van der Waals surface area contributed by atoms with Gasteiger partial charge in [-0.2, -0.15) is 5.10 Å². The number of aryl methyl sites for hydroxylation is 1. The molecule has 2 aliphatic rings. The predicted octanol–water partition coefficient (Wildman–Crippen LogP) is 3.55. The van der Waals surface area contributed by atoms with Gasteiger partial charge in [-0.15, -0.1) is 0 Å². The molecular weight excluding hydrogens is 326 g/mol. The largest absolute Gasteiger partial charge is 0.456 e. The van der Waals surface area contributed by atoms with Gasteiger partial charge in [0, 0.05) is 11.5 Å². The molecule has 0 saturated heterocycles. The van der Waals surface area contributed by atoms with Gasteiger partial charge in [-0.1, -0.05) is 48.5 Å². The van der Waals surface area contributed by atoms with Crippen molar-refractivity contribution in [2.45, 2.75) is 12.8 Å². The van der Waals surface area contributed by atoms with Crippen molar-refractivity contribution in [2.75, 3.05) is 11.9 Å². The molecule has 5 nitrogen and oxygen atoms in total. The van der Waals surface area contributed by atoms with E-state index in [1.165, 1.54) is 0 Å². The van der Waals surface area contributed by atoms with Crippen LogP contribution in [0.5, 0.6) is 0 Å². The fourth-order valence-corrected chi connectivity index (χ4v) is 3.84. The molecule has 0 saturated carbocycles. The maximum absolute atomic E-state index is 12.4. The molecule has 26 heavy (non-hydrogen) atoms. The zero-order valence-corrected chi connectivity index (χ0v) is 14.3. The summed E-state index contributed by atoms with van der Waals surface area (Å²) in [6.45, 7) is 2.26. The predicted molar refractivity (Wildman–Crippen MR) is 98.2 cm³/mol. The summed E-state index contributed by atoms with van der Waals surface area (Å²) in [5.41, 5.74) is 5.49. The molecule has 0 spiro atoms. The third-order valence-electron chi connectivity index (χ3n) is 4.98. The van der Waals surface area contributed by atoms with E-state index in [0.29, 0.717) is 5.57 Å². The Bertz CT molecular complexity index is 1040. The molecule has 128 valence electrons. The Hall–Kier alpha value is -3.34. The highest BCUT2D eigenvalue weighted by atomic mass is 16.5. The number of esters is 1. The van der Waals surface area contributed by atoms with Crippen molar-refractivity contribution in [2.24, 2.45) is 0 Å². The van der Waals surface area contributed by atoms with Crippen molar-refractivity contribution in [1.82, 2.24) is 9.78 Å². The number of para-hydroxylation sites is 1. The fourth-order valence-electron chi connectivity index (χ4n) is 3.84. The van der Waals surface area contributed by atoms with Gasteiger partial charge >= 0.3 is 5.97 Å². The van der Waals surface area contributed by atoms with Gasteiger partial charge in [-0.3, -0.25) is 0 Å². The summed E-state index contributed by atoms with van der Waals surface area (Å²) in [4.78, 5) is 12.4. The third kappa shape index (κ3) is 2.10. The summed E-state index contributed by atoms with van der Waals surface area (Å²) in [6.07, 6.45) is 0. The van der Waals surface area contributed by atoms with Crippen LogP contribution in [0.2, 0.25) is 0 Å². The van der Waals surface area contributed by atoms with Crippen LogP contribution in [0.15, 0.2) is 71.9 Å². The van der Waals surface area contributed by atoms with E-state index in [0.717, 1.165) is 34.0 Å². The van der Waals surface area contributed by atoms with Crippen LogP contribution in [-0.2, 0) is 9.53 Å². The SMILES string of the molecule is Cc1nn(-c2ccccc2)c2c1C(c1ccccc1)C1=C(COC1=O)N2. The minimum atomic E-state index is -0.251. The van der Waals surface area contributed by atoms with Crippen LogP contribution in [0.3, 0.4) is 0 Å². The van der Waals surface area contributed by atoms with Crippen molar-refractivity contribution in [3.8, 4) is 5.69 Å². The molecule has 1 N–H and O–H groups in total. The Morgan fingerprint density at radius 3 is 2.50 bits per heavy atom. The Kier molecular flexibility index (Phi) is 3.22. The number of hydrogen-bond acceptors (Lipinski definition) is 4. The zero-order chi connectivity index (χ0) is 17.7. The monoisotopic (exact) mass is 343 g/mol. The minimum absolute atomic E-state index is 0.171. The number of nitrogens with one attached hydrogen (secondary N) is 1. The van der Waals surface area contributed by atoms with E-state index in [1.807, 2.05) is 60.1 Å². The smallest absolute Gasteiger partial charge is 0.337 e. The summed E-state index contributed by atoms with van der Waals surface area (Å²) >= 11 is 0. The Morgan fingerprint density at radius 2 is 1.77 bits per heavy atom. The first-order valence-corrected chi connectivity index (χ1v) is 8.61. The summed E-state index contributed by atoms with van der Waals surface area (Å²) in [5, 5.41) is 8.18. The maximum Gasteiger partial charge on any atom is 0.337 e. The number of anilines is 1. The topological polar surface area (TPSA) is 56.2 Å². The lowest BCUT2D eigenvalue weighted by molar-refractivity contribution is -0.136. The number of ether oxygens (including phenoxy) is 1. The quantitative estimate of drug-likeness (QED) is 0.723. The van der Waals surface area contributed by atoms with Crippen LogP contribution < -0.4 is 5.32 Å². The number of nitrogens with zero attached hydrogens (tertiary/aromatic N) is 2. The third-order valence-corrected chi connectivity index (χ3v) is 4.98. The van der Waals surface area contributed by atoms with Gasteiger partial charge in [0.05, 0.1) is 22.7 Å². The van der Waals surface area contributed by atoms with Gasteiger partial charge in [0.1, 0.15) is 12.4 Å². The van der Waals surface area contributed by atoms with E-state index in [1.54, 1.807) is 0 Å². The van der Waals surface area contributed by atoms with Gasteiger partial charge < -0.3 is 10.1 Å². The molecule has 0 bridgehead atoms. The summed E-state index contributed by atoms with van der Waals surface area (Å²) in [7, 11) is 0. The van der Waals surface area contributed by atoms with Crippen LogP contribution in [0.4, 0.5) is 5.82 Å². The lowest BCUT2D eigenvalue weighted by atomic mass is 9.82. The van der Waals surface area contributed by atoms with E-state index >= 15 is 0 Å². The van der Waals surface area contributed by atoms with Gasteiger partial charge in [0.25, 0.3) is 0 Å². The van der Waals surface area contributed by atoms with Gasteiger partial charge in [0.2, 0.25) is 0 Å². The van der Waals surface area contributed by atoms with Crippen molar-refractivity contribution >= 4 is 11.8 Å². The molecular formula is C21H17N3O2. The number of hydrogen-bond donors (Lipinski definition) is 1. The Labute approximate surface area is 150 Å². The van der Waals surface area contributed by atoms with E-state index in [4.69, 9.17) is 9.84 Å². The Morgan fingerprint density at radius 1 is 1.08 bits per heavy atom. The molecule has 5 heteroatoms. The number of fused-ring (bicyclic) bond motifs is 1. The molecule has 1 aromatic heterocycles. The van der Waals surface area contributed by atoms with Crippen LogP contribution in [0.1, 0.15) is 22.7 Å². The molecule has 3 heterocycles. The first-order chi connectivity index (χ1) is 12.7. The van der Waals surface area contributed by atoms with Gasteiger partial charge in [0.15, 0.2) is 0 Å². The molecule has 2 aromatic carbocycles. The van der Waals surface area contributed by atoms with Crippen LogP contribution in [0, 0.1) is 6.92 Å². The molecule has 0 fully saturated rings. The Balaban J connectivity index is 1.76. The number of rotatable bonds is 2. The van der Waals surface area contributed by atoms with Crippen molar-refractivity contribution < 1.29 is 9.53 Å². The summed E-state index contributed by atoms with van der Waals surface area (Å²) in [6, 6.07) is 20.1. The lowest BCUT2D eigenvalue weighted by Crippen LogP contribution is -2.21. The molecule has 3 aromatic rings. The van der Waals surface area contributed by atoms with E-state index in [-0.39, 0.29) is 18.5 Å². The molecule has 0 aliphatic carbocycles. The van der Waals surface area contributed by atoms with Crippen LogP contribution >= 0.6 is 0 Å². The van der Waals surface area contributed by atoms with E-state index in [9.17, 15) is 4.79 Å². The van der Waals surface area contributed by atoms with Gasteiger partial charge in [-0.05, 0) is 24.6 Å². The highest BCUT2D eigenvalue weighted by Gasteiger charge is 2.41. The number of aromatic nitrogens is 2. The second kappa shape index (κ2) is 5.59. The molecule has 5 rings (SSSR count). The number of carbonyl (C=O) groups is 1. The fraction of sp³-hybridized carbons (Fsp3) is 0.143. The van der Waals surface area contributed by atoms with E-state index < -0.39 is 0 Å². The number of benzene rings is 2. The molecule has 0 radical (unpaired) electrons. The minimum Gasteiger partial charge on any atom is -0.456 e. The van der Waals surface area contributed by atoms with Crippen molar-refractivity contribution in [3.63, 3.8) is 0 Å². The lowest BCUT2D eigenvalue weighted by Gasteiger charge is -2.25. The summed E-state index contributed by atoms with van der Waals surface area (Å²) < 4.78 is 7.24. The first-order valence-electron chi connectivity index (χ1n) is 8.61. The average molecular weight is 343 g/mol. The zero-order valence-electron chi connectivity index (χ0n) is 14.3. The molecule has 0 amide bonds. The number of cyclic esters (lactones) is 1. The first kappa shape index (κ1) is 15.0. The van der Waals surface area contributed by atoms with Crippen LogP contribution in [-0.4, -0.2) is 22.4 Å². The molecule has 2 aliphatic heterocycles. The number of carbonyl (C=O) groups excluding carboxylic acids is 1.